The molecule has 2 nitrogen and oxygen atoms in total. The minimum absolute atomic E-state index is 0.600. The molecule has 0 aliphatic heterocycles. The lowest BCUT2D eigenvalue weighted by Crippen LogP contribution is -2.24. The number of hydrogen-bond donors (Lipinski definition) is 0. The molecule has 1 unspecified atom stereocenters. The zero-order valence-corrected chi connectivity index (χ0v) is 10.8. The predicted octanol–water partition coefficient (Wildman–Crippen LogP) is 3.63. The number of nitrogens with zero attached hydrogens (tertiary/aromatic N) is 1. The fourth-order valence-electron chi connectivity index (χ4n) is 1.64. The molecule has 0 bridgehead atoms. The van der Waals surface area contributed by atoms with E-state index in [0.717, 1.165) is 24.9 Å². The quantitative estimate of drug-likeness (QED) is 0.732. The summed E-state index contributed by atoms with van der Waals surface area (Å²) in [7, 11) is 1.99. The fraction of sp³-hybridized carbons (Fsp3) is 0.462. The van der Waals surface area contributed by atoms with Crippen molar-refractivity contribution in [1.82, 2.24) is 0 Å². The summed E-state index contributed by atoms with van der Waals surface area (Å²) in [5, 5.41) is 0.664. The molecular formula is C13H18ClNO. The predicted molar refractivity (Wildman–Crippen MR) is 69.6 cm³/mol. The first-order chi connectivity index (χ1) is 7.58. The number of halogens is 1. The largest absolute Gasteiger partial charge is 0.374 e. The van der Waals surface area contributed by atoms with Gasteiger partial charge in [0, 0.05) is 29.9 Å². The minimum atomic E-state index is 0.600. The normalized spacial score (nSPS) is 12.2. The Kier molecular flexibility index (Phi) is 4.81. The van der Waals surface area contributed by atoms with E-state index in [1.807, 2.05) is 13.1 Å². The smallest absolute Gasteiger partial charge is 0.152 e. The number of anilines is 1. The van der Waals surface area contributed by atoms with E-state index >= 15 is 0 Å². The van der Waals surface area contributed by atoms with Crippen molar-refractivity contribution in [3.63, 3.8) is 0 Å². The third kappa shape index (κ3) is 3.24. The fourth-order valence-corrected chi connectivity index (χ4v) is 1.81. The third-order valence-electron chi connectivity index (χ3n) is 2.81. The minimum Gasteiger partial charge on any atom is -0.374 e. The van der Waals surface area contributed by atoms with E-state index in [2.05, 4.69) is 18.7 Å². The zero-order valence-electron chi connectivity index (χ0n) is 10.0. The molecule has 0 saturated carbocycles. The van der Waals surface area contributed by atoms with Crippen LogP contribution in [0.2, 0.25) is 5.02 Å². The molecule has 1 rings (SSSR count). The summed E-state index contributed by atoms with van der Waals surface area (Å²) in [5.41, 5.74) is 1.60. The van der Waals surface area contributed by atoms with Gasteiger partial charge in [0.2, 0.25) is 0 Å². The van der Waals surface area contributed by atoms with Gasteiger partial charge in [-0.05, 0) is 24.1 Å². The summed E-state index contributed by atoms with van der Waals surface area (Å²) in [5.74, 6) is 0.600. The van der Waals surface area contributed by atoms with Crippen LogP contribution in [0.3, 0.4) is 0 Å². The van der Waals surface area contributed by atoms with Gasteiger partial charge in [0.1, 0.15) is 0 Å². The monoisotopic (exact) mass is 239 g/mol. The lowest BCUT2D eigenvalue weighted by atomic mass is 10.1. The van der Waals surface area contributed by atoms with Crippen molar-refractivity contribution in [1.29, 1.82) is 0 Å². The molecule has 0 saturated heterocycles. The Labute approximate surface area is 102 Å². The highest BCUT2D eigenvalue weighted by atomic mass is 35.5. The van der Waals surface area contributed by atoms with Gasteiger partial charge < -0.3 is 4.90 Å². The maximum absolute atomic E-state index is 10.9. The van der Waals surface area contributed by atoms with E-state index in [1.54, 1.807) is 12.1 Å². The number of carbonyl (C=O) groups excluding carboxylic acids is 1. The second kappa shape index (κ2) is 5.90. The van der Waals surface area contributed by atoms with Crippen LogP contribution in [0.4, 0.5) is 5.69 Å². The van der Waals surface area contributed by atoms with Crippen LogP contribution in [0.1, 0.15) is 30.6 Å². The van der Waals surface area contributed by atoms with E-state index in [0.29, 0.717) is 16.5 Å². The van der Waals surface area contributed by atoms with Crippen LogP contribution in [-0.2, 0) is 0 Å². The van der Waals surface area contributed by atoms with Gasteiger partial charge in [0.05, 0.1) is 0 Å². The molecule has 16 heavy (non-hydrogen) atoms. The second-order valence-corrected chi connectivity index (χ2v) is 4.65. The van der Waals surface area contributed by atoms with E-state index < -0.39 is 0 Å². The van der Waals surface area contributed by atoms with Gasteiger partial charge in [0.25, 0.3) is 0 Å². The highest BCUT2D eigenvalue weighted by Crippen LogP contribution is 2.23. The Hall–Kier alpha value is -1.02. The average molecular weight is 240 g/mol. The zero-order chi connectivity index (χ0) is 12.1. The van der Waals surface area contributed by atoms with Crippen molar-refractivity contribution in [2.45, 2.75) is 20.3 Å². The molecule has 0 heterocycles. The highest BCUT2D eigenvalue weighted by molar-refractivity contribution is 6.31. The molecule has 88 valence electrons. The molecule has 0 spiro atoms. The van der Waals surface area contributed by atoms with Gasteiger partial charge in [-0.25, -0.2) is 0 Å². The van der Waals surface area contributed by atoms with Gasteiger partial charge in [-0.3, -0.25) is 4.79 Å². The number of hydrogen-bond acceptors (Lipinski definition) is 2. The first kappa shape index (κ1) is 13.0. The standard InChI is InChI=1S/C13H18ClNO/c1-4-10(2)8-15(3)13-7-12(14)6-5-11(13)9-16/h5-7,9-10H,4,8H2,1-3H3. The Morgan fingerprint density at radius 3 is 2.75 bits per heavy atom. The summed E-state index contributed by atoms with van der Waals surface area (Å²) < 4.78 is 0. The second-order valence-electron chi connectivity index (χ2n) is 4.21. The lowest BCUT2D eigenvalue weighted by Gasteiger charge is -2.24. The number of rotatable bonds is 5. The van der Waals surface area contributed by atoms with E-state index in [1.165, 1.54) is 0 Å². The summed E-state index contributed by atoms with van der Waals surface area (Å²) in [4.78, 5) is 13.0. The summed E-state index contributed by atoms with van der Waals surface area (Å²) in [6.07, 6.45) is 2.00. The van der Waals surface area contributed by atoms with Gasteiger partial charge in [-0.15, -0.1) is 0 Å². The van der Waals surface area contributed by atoms with Crippen molar-refractivity contribution >= 4 is 23.6 Å². The van der Waals surface area contributed by atoms with Crippen molar-refractivity contribution in [3.05, 3.63) is 28.8 Å². The van der Waals surface area contributed by atoms with Gasteiger partial charge >= 0.3 is 0 Å². The molecule has 1 aromatic carbocycles. The maximum atomic E-state index is 10.9. The molecule has 0 aromatic heterocycles. The molecule has 0 radical (unpaired) electrons. The van der Waals surface area contributed by atoms with Crippen LogP contribution >= 0.6 is 11.6 Å². The topological polar surface area (TPSA) is 20.3 Å². The molecule has 0 aliphatic rings. The molecular weight excluding hydrogens is 222 g/mol. The Morgan fingerprint density at radius 2 is 2.19 bits per heavy atom. The van der Waals surface area contributed by atoms with Gasteiger partial charge in [0.15, 0.2) is 6.29 Å². The Bertz CT molecular complexity index is 365. The van der Waals surface area contributed by atoms with Crippen molar-refractivity contribution in [3.8, 4) is 0 Å². The first-order valence-electron chi connectivity index (χ1n) is 5.54. The highest BCUT2D eigenvalue weighted by Gasteiger charge is 2.10. The van der Waals surface area contributed by atoms with E-state index in [4.69, 9.17) is 11.6 Å². The SMILES string of the molecule is CCC(C)CN(C)c1cc(Cl)ccc1C=O. The molecule has 0 amide bonds. The Morgan fingerprint density at radius 1 is 1.50 bits per heavy atom. The van der Waals surface area contributed by atoms with Gasteiger partial charge in [-0.1, -0.05) is 31.9 Å². The first-order valence-corrected chi connectivity index (χ1v) is 5.92. The Balaban J connectivity index is 2.92. The molecule has 0 N–H and O–H groups in total. The van der Waals surface area contributed by atoms with Crippen LogP contribution in [0.25, 0.3) is 0 Å². The molecule has 0 fully saturated rings. The summed E-state index contributed by atoms with van der Waals surface area (Å²) >= 11 is 5.95. The van der Waals surface area contributed by atoms with Crippen molar-refractivity contribution in [2.24, 2.45) is 5.92 Å². The average Bonchev–Trinajstić information content (AvgIpc) is 2.28. The van der Waals surface area contributed by atoms with Crippen LogP contribution in [0, 0.1) is 5.92 Å². The van der Waals surface area contributed by atoms with Crippen molar-refractivity contribution in [2.75, 3.05) is 18.5 Å². The van der Waals surface area contributed by atoms with Gasteiger partial charge in [-0.2, -0.15) is 0 Å². The maximum Gasteiger partial charge on any atom is 0.152 e. The van der Waals surface area contributed by atoms with Crippen LogP contribution < -0.4 is 4.90 Å². The number of aldehydes is 1. The van der Waals surface area contributed by atoms with Crippen LogP contribution in [0.15, 0.2) is 18.2 Å². The third-order valence-corrected chi connectivity index (χ3v) is 3.05. The molecule has 1 atom stereocenters. The molecule has 1 aromatic rings. The van der Waals surface area contributed by atoms with E-state index in [9.17, 15) is 4.79 Å². The van der Waals surface area contributed by atoms with E-state index in [-0.39, 0.29) is 0 Å². The molecule has 3 heteroatoms. The lowest BCUT2D eigenvalue weighted by molar-refractivity contribution is 0.112. The van der Waals surface area contributed by atoms with Crippen molar-refractivity contribution < 1.29 is 4.79 Å². The summed E-state index contributed by atoms with van der Waals surface area (Å²) in [6.45, 7) is 5.29. The summed E-state index contributed by atoms with van der Waals surface area (Å²) in [6, 6.07) is 5.34. The van der Waals surface area contributed by atoms with Crippen LogP contribution in [0.5, 0.6) is 0 Å². The molecule has 0 aliphatic carbocycles. The van der Waals surface area contributed by atoms with Crippen LogP contribution in [-0.4, -0.2) is 19.9 Å². The number of carbonyl (C=O) groups is 1. The number of benzene rings is 1.